The van der Waals surface area contributed by atoms with E-state index >= 15 is 0 Å². The lowest BCUT2D eigenvalue weighted by atomic mass is 10.1. The second-order valence-corrected chi connectivity index (χ2v) is 10.2. The summed E-state index contributed by atoms with van der Waals surface area (Å²) in [6.45, 7) is 3.61. The van der Waals surface area contributed by atoms with Gasteiger partial charge in [0.05, 0.1) is 10.9 Å². The van der Waals surface area contributed by atoms with Crippen molar-refractivity contribution >= 4 is 69.5 Å². The van der Waals surface area contributed by atoms with Crippen LogP contribution in [0.25, 0.3) is 5.83 Å². The SMILES string of the molecule is C=C(F)c1ccc(C2C(C(=O)Nc3ccc(Cl)c(CNc4ccc(F)cc4)c3)C2(Cl)Cl)cc1Cl. The molecule has 0 radical (unpaired) electrons. The van der Waals surface area contributed by atoms with Gasteiger partial charge in [0.2, 0.25) is 5.91 Å². The minimum atomic E-state index is -1.33. The molecule has 2 N–H and O–H groups in total. The van der Waals surface area contributed by atoms with Crippen LogP contribution in [0, 0.1) is 11.7 Å². The molecule has 9 heteroatoms. The predicted octanol–water partition coefficient (Wildman–Crippen LogP) is 8.21. The molecule has 176 valence electrons. The van der Waals surface area contributed by atoms with Gasteiger partial charge in [-0.05, 0) is 59.7 Å². The molecule has 0 bridgehead atoms. The van der Waals surface area contributed by atoms with Gasteiger partial charge in [-0.3, -0.25) is 4.79 Å². The first-order valence-electron chi connectivity index (χ1n) is 10.2. The summed E-state index contributed by atoms with van der Waals surface area (Å²) >= 11 is 25.3. The molecule has 1 amide bonds. The average molecular weight is 542 g/mol. The number of alkyl halides is 2. The molecular weight excluding hydrogens is 524 g/mol. The number of hydrogen-bond acceptors (Lipinski definition) is 2. The second-order valence-electron chi connectivity index (χ2n) is 7.93. The number of carbonyl (C=O) groups is 1. The maximum absolute atomic E-state index is 13.4. The molecule has 3 aromatic carbocycles. The molecule has 1 aliphatic rings. The van der Waals surface area contributed by atoms with Crippen molar-refractivity contribution in [2.75, 3.05) is 10.6 Å². The second kappa shape index (κ2) is 9.74. The number of nitrogens with one attached hydrogen (secondary N) is 2. The predicted molar refractivity (Wildman–Crippen MR) is 136 cm³/mol. The molecule has 2 unspecified atom stereocenters. The summed E-state index contributed by atoms with van der Waals surface area (Å²) in [6.07, 6.45) is 0. The van der Waals surface area contributed by atoms with Crippen LogP contribution >= 0.6 is 46.4 Å². The molecule has 0 spiro atoms. The summed E-state index contributed by atoms with van der Waals surface area (Å²) in [7, 11) is 0. The van der Waals surface area contributed by atoms with Crippen LogP contribution in [0.2, 0.25) is 10.0 Å². The zero-order valence-electron chi connectivity index (χ0n) is 17.5. The Morgan fingerprint density at radius 1 is 0.971 bits per heavy atom. The minimum Gasteiger partial charge on any atom is -0.381 e. The normalized spacial score (nSPS) is 18.3. The highest BCUT2D eigenvalue weighted by Crippen LogP contribution is 2.65. The van der Waals surface area contributed by atoms with Crippen molar-refractivity contribution in [2.45, 2.75) is 16.8 Å². The molecule has 3 aromatic rings. The van der Waals surface area contributed by atoms with Crippen LogP contribution in [0.15, 0.2) is 67.2 Å². The number of hydrogen-bond donors (Lipinski definition) is 2. The molecule has 3 nitrogen and oxygen atoms in total. The molecular formula is C25H18Cl4F2N2O. The first kappa shape index (κ1) is 24.8. The Morgan fingerprint density at radius 2 is 1.65 bits per heavy atom. The molecule has 2 atom stereocenters. The minimum absolute atomic E-state index is 0.163. The number of halogens is 6. The van der Waals surface area contributed by atoms with Crippen LogP contribution in [-0.4, -0.2) is 10.2 Å². The van der Waals surface area contributed by atoms with E-state index in [1.807, 2.05) is 0 Å². The van der Waals surface area contributed by atoms with Crippen molar-refractivity contribution in [2.24, 2.45) is 5.92 Å². The third-order valence-corrected chi connectivity index (χ3v) is 7.24. The molecule has 0 aliphatic heterocycles. The number of benzene rings is 3. The summed E-state index contributed by atoms with van der Waals surface area (Å²) < 4.78 is 25.2. The number of rotatable bonds is 7. The summed E-state index contributed by atoms with van der Waals surface area (Å²) in [5, 5.41) is 6.65. The maximum Gasteiger partial charge on any atom is 0.231 e. The van der Waals surface area contributed by atoms with E-state index in [2.05, 4.69) is 17.2 Å². The summed E-state index contributed by atoms with van der Waals surface area (Å²) in [6, 6.07) is 15.7. The average Bonchev–Trinajstić information content (AvgIpc) is 3.37. The molecule has 4 rings (SSSR count). The van der Waals surface area contributed by atoms with Crippen molar-refractivity contribution in [3.8, 4) is 0 Å². The molecule has 1 fully saturated rings. The van der Waals surface area contributed by atoms with Crippen LogP contribution in [-0.2, 0) is 11.3 Å². The summed E-state index contributed by atoms with van der Waals surface area (Å²) in [5.74, 6) is -2.60. The van der Waals surface area contributed by atoms with E-state index in [0.717, 1.165) is 11.3 Å². The Bertz CT molecular complexity index is 1260. The van der Waals surface area contributed by atoms with E-state index in [-0.39, 0.29) is 22.3 Å². The monoisotopic (exact) mass is 540 g/mol. The van der Waals surface area contributed by atoms with Crippen LogP contribution in [0.5, 0.6) is 0 Å². The highest BCUT2D eigenvalue weighted by atomic mass is 35.5. The third-order valence-electron chi connectivity index (χ3n) is 5.62. The Morgan fingerprint density at radius 3 is 2.29 bits per heavy atom. The van der Waals surface area contributed by atoms with Crippen LogP contribution in [0.1, 0.15) is 22.6 Å². The van der Waals surface area contributed by atoms with E-state index in [1.165, 1.54) is 18.2 Å². The topological polar surface area (TPSA) is 41.1 Å². The van der Waals surface area contributed by atoms with Crippen molar-refractivity contribution in [3.63, 3.8) is 0 Å². The Labute approximate surface area is 215 Å². The Balaban J connectivity index is 1.46. The summed E-state index contributed by atoms with van der Waals surface area (Å²) in [4.78, 5) is 13.0. The number of carbonyl (C=O) groups excluding carboxylic acids is 1. The van der Waals surface area contributed by atoms with Gasteiger partial charge >= 0.3 is 0 Å². The van der Waals surface area contributed by atoms with Crippen molar-refractivity contribution in [1.29, 1.82) is 0 Å². The van der Waals surface area contributed by atoms with E-state index in [0.29, 0.717) is 22.8 Å². The Hall–Kier alpha value is -2.31. The van der Waals surface area contributed by atoms with Gasteiger partial charge in [-0.15, -0.1) is 23.2 Å². The van der Waals surface area contributed by atoms with E-state index in [1.54, 1.807) is 42.5 Å². The lowest BCUT2D eigenvalue weighted by Crippen LogP contribution is -2.17. The first-order chi connectivity index (χ1) is 16.1. The van der Waals surface area contributed by atoms with Gasteiger partial charge in [-0.2, -0.15) is 0 Å². The van der Waals surface area contributed by atoms with Crippen molar-refractivity contribution in [3.05, 3.63) is 99.8 Å². The fourth-order valence-corrected chi connectivity index (χ4v) is 5.09. The Kier molecular flexibility index (Phi) is 7.11. The smallest absolute Gasteiger partial charge is 0.231 e. The molecule has 0 heterocycles. The van der Waals surface area contributed by atoms with Crippen molar-refractivity contribution < 1.29 is 13.6 Å². The molecule has 0 saturated heterocycles. The fourth-order valence-electron chi connectivity index (χ4n) is 3.79. The lowest BCUT2D eigenvalue weighted by molar-refractivity contribution is -0.117. The van der Waals surface area contributed by atoms with Crippen LogP contribution in [0.4, 0.5) is 20.2 Å². The highest BCUT2D eigenvalue weighted by molar-refractivity contribution is 6.53. The van der Waals surface area contributed by atoms with Crippen LogP contribution in [0.3, 0.4) is 0 Å². The first-order valence-corrected chi connectivity index (χ1v) is 11.7. The fraction of sp³-hybridized carbons (Fsp3) is 0.160. The van der Waals surface area contributed by atoms with Gasteiger partial charge in [0.25, 0.3) is 0 Å². The summed E-state index contributed by atoms with van der Waals surface area (Å²) in [5.41, 5.74) is 2.77. The highest BCUT2D eigenvalue weighted by Gasteiger charge is 2.67. The molecule has 34 heavy (non-hydrogen) atoms. The van der Waals surface area contributed by atoms with Gasteiger partial charge in [0.1, 0.15) is 16.0 Å². The van der Waals surface area contributed by atoms with Gasteiger partial charge in [0, 0.05) is 34.4 Å². The van der Waals surface area contributed by atoms with E-state index in [4.69, 9.17) is 46.4 Å². The van der Waals surface area contributed by atoms with E-state index < -0.39 is 22.0 Å². The zero-order valence-corrected chi connectivity index (χ0v) is 20.5. The molecule has 0 aromatic heterocycles. The maximum atomic E-state index is 13.4. The van der Waals surface area contributed by atoms with Crippen molar-refractivity contribution in [1.82, 2.24) is 0 Å². The zero-order chi connectivity index (χ0) is 24.6. The third kappa shape index (κ3) is 5.18. The number of anilines is 2. The largest absolute Gasteiger partial charge is 0.381 e. The molecule has 1 aliphatic carbocycles. The van der Waals surface area contributed by atoms with Gasteiger partial charge in [-0.1, -0.05) is 41.9 Å². The van der Waals surface area contributed by atoms with Gasteiger partial charge in [0.15, 0.2) is 0 Å². The van der Waals surface area contributed by atoms with E-state index in [9.17, 15) is 13.6 Å². The van der Waals surface area contributed by atoms with Gasteiger partial charge < -0.3 is 10.6 Å². The number of amides is 1. The van der Waals surface area contributed by atoms with Crippen LogP contribution < -0.4 is 10.6 Å². The molecule has 1 saturated carbocycles. The quantitative estimate of drug-likeness (QED) is 0.296. The van der Waals surface area contributed by atoms with Gasteiger partial charge in [-0.25, -0.2) is 8.78 Å². The lowest BCUT2D eigenvalue weighted by Gasteiger charge is -2.11. The standard InChI is InChI=1S/C25H18Cl4F2N2O/c1-13(30)19-8-2-14(11-21(19)27)22-23(25(22,28)29)24(34)33-18-7-9-20(26)15(10-18)12-32-17-5-3-16(31)4-6-17/h2-11,22-23,32H,1,12H2,(H,33,34).